The number of halogens is 1. The summed E-state index contributed by atoms with van der Waals surface area (Å²) in [5.41, 5.74) is 1.61. The molecule has 0 aliphatic carbocycles. The minimum atomic E-state index is -4.02. The number of amides is 2. The molecular weight excluding hydrogens is 537 g/mol. The Labute approximate surface area is 234 Å². The van der Waals surface area contributed by atoms with Crippen LogP contribution in [0, 0.1) is 11.7 Å². The van der Waals surface area contributed by atoms with Crippen molar-refractivity contribution in [3.63, 3.8) is 0 Å². The molecule has 2 N–H and O–H groups in total. The van der Waals surface area contributed by atoms with E-state index < -0.39 is 34.0 Å². The summed E-state index contributed by atoms with van der Waals surface area (Å²) in [5.74, 6) is -0.0973. The molecular formula is C29H34FN3O6S. The lowest BCUT2D eigenvalue weighted by Gasteiger charge is -2.37. The largest absolute Gasteiger partial charge is 0.497 e. The summed E-state index contributed by atoms with van der Waals surface area (Å²) in [6.45, 7) is 3.27. The van der Waals surface area contributed by atoms with Crippen molar-refractivity contribution in [2.24, 2.45) is 5.92 Å². The van der Waals surface area contributed by atoms with Crippen LogP contribution in [0.1, 0.15) is 13.8 Å². The highest BCUT2D eigenvalue weighted by atomic mass is 32.2. The Kier molecular flexibility index (Phi) is 8.97. The molecule has 0 fully saturated rings. The number of carbonyl (C=O) groups excluding carboxylic acids is 1. The first-order valence-corrected chi connectivity index (χ1v) is 14.3. The zero-order valence-corrected chi connectivity index (χ0v) is 23.7. The molecule has 3 aromatic carbocycles. The van der Waals surface area contributed by atoms with Crippen LogP contribution in [0.4, 0.5) is 14.9 Å². The number of sulfonamides is 1. The van der Waals surface area contributed by atoms with E-state index in [-0.39, 0.29) is 41.9 Å². The molecule has 0 radical (unpaired) electrons. The van der Waals surface area contributed by atoms with Gasteiger partial charge in [-0.05, 0) is 54.4 Å². The van der Waals surface area contributed by atoms with E-state index in [0.717, 1.165) is 11.1 Å². The minimum Gasteiger partial charge on any atom is -0.497 e. The topological polar surface area (TPSA) is 108 Å². The highest BCUT2D eigenvalue weighted by Gasteiger charge is 2.38. The molecule has 0 bridgehead atoms. The van der Waals surface area contributed by atoms with Crippen LogP contribution in [0.5, 0.6) is 11.5 Å². The Morgan fingerprint density at radius 1 is 1.18 bits per heavy atom. The molecule has 4 rings (SSSR count). The number of methoxy groups -OCH3 is 1. The normalized spacial score (nSPS) is 19.4. The van der Waals surface area contributed by atoms with E-state index in [2.05, 4.69) is 5.32 Å². The SMILES string of the molecule is COc1ccc(-c2ccc3c(c2)O[C@H](CN(C)C(=O)Nc2ccccc2F)[C@H](C)CN([C@@H](C)CO)S3(=O)=O)cc1. The summed E-state index contributed by atoms with van der Waals surface area (Å²) in [7, 11) is -0.880. The Morgan fingerprint density at radius 2 is 1.85 bits per heavy atom. The summed E-state index contributed by atoms with van der Waals surface area (Å²) in [6, 6.07) is 16.9. The Morgan fingerprint density at radius 3 is 2.50 bits per heavy atom. The van der Waals surface area contributed by atoms with Crippen LogP contribution < -0.4 is 14.8 Å². The van der Waals surface area contributed by atoms with Crippen molar-refractivity contribution < 1.29 is 32.2 Å². The fourth-order valence-electron chi connectivity index (χ4n) is 4.53. The Balaban J connectivity index is 1.69. The second-order valence-electron chi connectivity index (χ2n) is 9.92. The van der Waals surface area contributed by atoms with Crippen molar-refractivity contribution >= 4 is 21.7 Å². The summed E-state index contributed by atoms with van der Waals surface area (Å²) in [5, 5.41) is 12.4. The van der Waals surface area contributed by atoms with Gasteiger partial charge in [-0.3, -0.25) is 0 Å². The average molecular weight is 572 g/mol. The molecule has 0 aromatic heterocycles. The number of para-hydroxylation sites is 1. The fraction of sp³-hybridized carbons (Fsp3) is 0.345. The van der Waals surface area contributed by atoms with Gasteiger partial charge < -0.3 is 24.8 Å². The minimum absolute atomic E-state index is 0.0274. The van der Waals surface area contributed by atoms with Crippen LogP contribution >= 0.6 is 0 Å². The van der Waals surface area contributed by atoms with Gasteiger partial charge in [-0.25, -0.2) is 17.6 Å². The smallest absolute Gasteiger partial charge is 0.321 e. The number of aliphatic hydroxyl groups excluding tert-OH is 1. The highest BCUT2D eigenvalue weighted by molar-refractivity contribution is 7.89. The zero-order chi connectivity index (χ0) is 29.0. The number of hydrogen-bond acceptors (Lipinski definition) is 6. The molecule has 1 aliphatic rings. The number of likely N-dealkylation sites (N-methyl/N-ethyl adjacent to an activating group) is 1. The molecule has 0 spiro atoms. The van der Waals surface area contributed by atoms with E-state index in [0.29, 0.717) is 5.75 Å². The summed E-state index contributed by atoms with van der Waals surface area (Å²) in [4.78, 5) is 14.2. The first kappa shape index (κ1) is 29.3. The van der Waals surface area contributed by atoms with Gasteiger partial charge in [0.1, 0.15) is 28.3 Å². The number of ether oxygens (including phenoxy) is 2. The maximum absolute atomic E-state index is 14.1. The number of nitrogens with zero attached hydrogens (tertiary/aromatic N) is 2. The third-order valence-corrected chi connectivity index (χ3v) is 9.03. The number of aliphatic hydroxyl groups is 1. The van der Waals surface area contributed by atoms with Crippen molar-refractivity contribution in [3.8, 4) is 22.6 Å². The maximum atomic E-state index is 14.1. The predicted octanol–water partition coefficient (Wildman–Crippen LogP) is 4.43. The van der Waals surface area contributed by atoms with Gasteiger partial charge >= 0.3 is 6.03 Å². The van der Waals surface area contributed by atoms with E-state index in [1.807, 2.05) is 31.2 Å². The fourth-order valence-corrected chi connectivity index (χ4v) is 6.36. The Hall–Kier alpha value is -3.67. The highest BCUT2D eigenvalue weighted by Crippen LogP contribution is 2.37. The van der Waals surface area contributed by atoms with Crippen molar-refractivity contribution in [1.82, 2.24) is 9.21 Å². The zero-order valence-electron chi connectivity index (χ0n) is 22.9. The number of fused-ring (bicyclic) bond motifs is 1. The van der Waals surface area contributed by atoms with E-state index in [4.69, 9.17) is 9.47 Å². The number of benzene rings is 3. The van der Waals surface area contributed by atoms with Gasteiger partial charge in [-0.2, -0.15) is 4.31 Å². The van der Waals surface area contributed by atoms with Crippen LogP contribution in [0.25, 0.3) is 11.1 Å². The number of hydrogen-bond donors (Lipinski definition) is 2. The van der Waals surface area contributed by atoms with E-state index in [9.17, 15) is 22.7 Å². The van der Waals surface area contributed by atoms with Gasteiger partial charge in [0, 0.05) is 25.6 Å². The monoisotopic (exact) mass is 571 g/mol. The van der Waals surface area contributed by atoms with Crippen LogP contribution in [0.2, 0.25) is 0 Å². The number of rotatable bonds is 7. The second-order valence-corrected chi connectivity index (χ2v) is 11.8. The van der Waals surface area contributed by atoms with Crippen molar-refractivity contribution in [2.45, 2.75) is 30.9 Å². The lowest BCUT2D eigenvalue weighted by Crippen LogP contribution is -2.50. The van der Waals surface area contributed by atoms with Crippen molar-refractivity contribution in [2.75, 3.05) is 39.2 Å². The molecule has 2 amide bonds. The summed E-state index contributed by atoms with van der Waals surface area (Å²) < 4.78 is 54.4. The summed E-state index contributed by atoms with van der Waals surface area (Å²) >= 11 is 0. The first-order valence-electron chi connectivity index (χ1n) is 12.9. The van der Waals surface area contributed by atoms with Gasteiger partial charge in [0.2, 0.25) is 10.0 Å². The first-order chi connectivity index (χ1) is 19.0. The molecule has 3 aromatic rings. The van der Waals surface area contributed by atoms with Crippen LogP contribution in [0.3, 0.4) is 0 Å². The van der Waals surface area contributed by atoms with Gasteiger partial charge in [0.15, 0.2) is 0 Å². The summed E-state index contributed by atoms with van der Waals surface area (Å²) in [6.07, 6.45) is -0.620. The van der Waals surface area contributed by atoms with E-state index in [1.165, 1.54) is 33.5 Å². The third kappa shape index (κ3) is 6.22. The van der Waals surface area contributed by atoms with E-state index >= 15 is 0 Å². The van der Waals surface area contributed by atoms with Gasteiger partial charge in [0.25, 0.3) is 0 Å². The maximum Gasteiger partial charge on any atom is 0.321 e. The number of anilines is 1. The molecule has 0 unspecified atom stereocenters. The van der Waals surface area contributed by atoms with Gasteiger partial charge in [-0.15, -0.1) is 0 Å². The van der Waals surface area contributed by atoms with Crippen molar-refractivity contribution in [3.05, 3.63) is 72.5 Å². The van der Waals surface area contributed by atoms with Crippen LogP contribution in [-0.2, 0) is 10.0 Å². The molecule has 9 nitrogen and oxygen atoms in total. The third-order valence-electron chi connectivity index (χ3n) is 7.01. The van der Waals surface area contributed by atoms with Crippen LogP contribution in [0.15, 0.2) is 71.6 Å². The predicted molar refractivity (Wildman–Crippen MR) is 150 cm³/mol. The molecule has 214 valence electrons. The lowest BCUT2D eigenvalue weighted by atomic mass is 10.0. The average Bonchev–Trinajstić information content (AvgIpc) is 2.95. The molecule has 1 aliphatic heterocycles. The number of urea groups is 1. The van der Waals surface area contributed by atoms with Gasteiger partial charge in [0.05, 0.1) is 25.9 Å². The molecule has 0 saturated heterocycles. The quantitative estimate of drug-likeness (QED) is 0.434. The molecule has 40 heavy (non-hydrogen) atoms. The van der Waals surface area contributed by atoms with E-state index in [1.54, 1.807) is 39.3 Å². The standard InChI is InChI=1S/C29H34FN3O6S/c1-19-16-33(20(2)18-34)40(36,37)28-14-11-22(21-9-12-23(38-4)13-10-21)15-26(28)39-27(19)17-32(3)29(35)31-25-8-6-5-7-24(25)30/h5-15,19-20,27,34H,16-18H2,1-4H3,(H,31,35)/t19-,20+,27-/m1/s1. The number of carbonyl (C=O) groups is 1. The number of nitrogens with one attached hydrogen (secondary N) is 1. The lowest BCUT2D eigenvalue weighted by molar-refractivity contribution is 0.0830. The molecule has 11 heteroatoms. The van der Waals surface area contributed by atoms with Crippen molar-refractivity contribution in [1.29, 1.82) is 0 Å². The molecule has 1 heterocycles. The van der Waals surface area contributed by atoms with Gasteiger partial charge in [-0.1, -0.05) is 37.3 Å². The molecule has 0 saturated carbocycles. The van der Waals surface area contributed by atoms with Crippen LogP contribution in [-0.4, -0.2) is 74.8 Å². The molecule has 3 atom stereocenters. The second kappa shape index (κ2) is 12.2. The Bertz CT molecular complexity index is 1450.